The normalized spacial score (nSPS) is 17.1. The van der Waals surface area contributed by atoms with E-state index < -0.39 is 18.0 Å². The summed E-state index contributed by atoms with van der Waals surface area (Å²) in [6.45, 7) is 4.36. The highest BCUT2D eigenvalue weighted by atomic mass is 32.1. The Labute approximate surface area is 232 Å². The van der Waals surface area contributed by atoms with Crippen molar-refractivity contribution < 1.29 is 32.2 Å². The second-order valence-electron chi connectivity index (χ2n) is 10.1. The molecule has 3 aromatic heterocycles. The predicted molar refractivity (Wildman–Crippen MR) is 139 cm³/mol. The smallest absolute Gasteiger partial charge is 0.451 e. The average Bonchev–Trinajstić information content (AvgIpc) is 3.52. The number of rotatable bonds is 11. The number of carbonyl (C=O) groups excluding carboxylic acids is 2. The molecule has 1 amide bonds. The first-order valence-corrected chi connectivity index (χ1v) is 14.3. The highest BCUT2D eigenvalue weighted by Crippen LogP contribution is 2.38. The molecular weight excluding hydrogens is 549 g/mol. The van der Waals surface area contributed by atoms with Gasteiger partial charge >= 0.3 is 18.2 Å². The van der Waals surface area contributed by atoms with Crippen molar-refractivity contribution in [1.82, 2.24) is 29.6 Å². The molecule has 0 spiro atoms. The number of fused-ring (bicyclic) bond motifs is 2. The van der Waals surface area contributed by atoms with Crippen LogP contribution in [0.15, 0.2) is 6.07 Å². The minimum Gasteiger partial charge on any atom is -0.464 e. The molecule has 1 aliphatic carbocycles. The topological polar surface area (TPSA) is 112 Å². The fourth-order valence-corrected chi connectivity index (χ4v) is 6.09. The quantitative estimate of drug-likeness (QED) is 0.311. The van der Waals surface area contributed by atoms with E-state index in [1.165, 1.54) is 6.92 Å². The van der Waals surface area contributed by atoms with E-state index in [1.807, 2.05) is 0 Å². The third-order valence-electron chi connectivity index (χ3n) is 7.04. The predicted octanol–water partition coefficient (Wildman–Crippen LogP) is 4.16. The molecule has 10 nitrogen and oxygen atoms in total. The van der Waals surface area contributed by atoms with Crippen LogP contribution in [-0.2, 0) is 39.9 Å². The van der Waals surface area contributed by atoms with Gasteiger partial charge in [0.15, 0.2) is 0 Å². The summed E-state index contributed by atoms with van der Waals surface area (Å²) in [5, 5.41) is 8.10. The largest absolute Gasteiger partial charge is 0.464 e. The van der Waals surface area contributed by atoms with Crippen molar-refractivity contribution in [3.05, 3.63) is 28.3 Å². The number of hydrogen-bond donors (Lipinski definition) is 0. The van der Waals surface area contributed by atoms with Crippen molar-refractivity contribution in [1.29, 1.82) is 0 Å². The Balaban J connectivity index is 1.34. The van der Waals surface area contributed by atoms with Gasteiger partial charge in [-0.3, -0.25) is 9.59 Å². The van der Waals surface area contributed by atoms with Crippen molar-refractivity contribution in [2.75, 3.05) is 26.3 Å². The molecule has 1 atom stereocenters. The van der Waals surface area contributed by atoms with Crippen LogP contribution in [-0.4, -0.2) is 67.8 Å². The van der Waals surface area contributed by atoms with Crippen LogP contribution < -0.4 is 4.74 Å². The number of aromatic nitrogens is 5. The number of thiophene rings is 1. The number of aryl methyl sites for hydroxylation is 1. The second kappa shape index (κ2) is 11.7. The van der Waals surface area contributed by atoms with Gasteiger partial charge in [-0.05, 0) is 31.7 Å². The van der Waals surface area contributed by atoms with Gasteiger partial charge in [-0.15, -0.1) is 21.5 Å². The second-order valence-corrected chi connectivity index (χ2v) is 11.3. The molecule has 1 saturated carbocycles. The first-order chi connectivity index (χ1) is 19.1. The van der Waals surface area contributed by atoms with Crippen LogP contribution in [0, 0.1) is 5.92 Å². The zero-order valence-electron chi connectivity index (χ0n) is 22.4. The lowest BCUT2D eigenvalue weighted by atomic mass is 9.92. The van der Waals surface area contributed by atoms with Crippen molar-refractivity contribution in [3.8, 4) is 6.01 Å². The molecule has 1 aliphatic heterocycles. The van der Waals surface area contributed by atoms with E-state index in [2.05, 4.69) is 28.2 Å². The first kappa shape index (κ1) is 28.2. The molecule has 14 heteroatoms. The monoisotopic (exact) mass is 580 g/mol. The summed E-state index contributed by atoms with van der Waals surface area (Å²) in [6.07, 6.45) is -0.298. The SMILES string of the molecule is CCCc1cc2c(C3CCn4c(nnc4C(F)(F)F)C3)nc(OCCN(CCOC(C)=O)C(=O)C3CC3)nc2s1. The lowest BCUT2D eigenvalue weighted by Gasteiger charge is -2.24. The van der Waals surface area contributed by atoms with E-state index in [1.54, 1.807) is 16.2 Å². The van der Waals surface area contributed by atoms with Gasteiger partial charge in [0.1, 0.15) is 23.9 Å². The Morgan fingerprint density at radius 3 is 2.62 bits per heavy atom. The van der Waals surface area contributed by atoms with Crippen LogP contribution in [0.3, 0.4) is 0 Å². The maximum absolute atomic E-state index is 13.3. The van der Waals surface area contributed by atoms with Crippen LogP contribution in [0.25, 0.3) is 10.2 Å². The zero-order valence-corrected chi connectivity index (χ0v) is 23.2. The maximum atomic E-state index is 13.3. The third-order valence-corrected chi connectivity index (χ3v) is 8.13. The molecule has 1 unspecified atom stereocenters. The summed E-state index contributed by atoms with van der Waals surface area (Å²) in [4.78, 5) is 36.7. The number of nitrogens with zero attached hydrogens (tertiary/aromatic N) is 6. The van der Waals surface area contributed by atoms with E-state index in [-0.39, 0.29) is 68.8 Å². The van der Waals surface area contributed by atoms with Gasteiger partial charge in [-0.1, -0.05) is 13.3 Å². The van der Waals surface area contributed by atoms with Gasteiger partial charge in [0.25, 0.3) is 0 Å². The van der Waals surface area contributed by atoms with Gasteiger partial charge in [-0.2, -0.15) is 23.1 Å². The number of esters is 1. The molecule has 0 aromatic carbocycles. The van der Waals surface area contributed by atoms with Crippen LogP contribution in [0.2, 0.25) is 0 Å². The Morgan fingerprint density at radius 1 is 1.15 bits per heavy atom. The van der Waals surface area contributed by atoms with Gasteiger partial charge in [0, 0.05) is 42.0 Å². The molecule has 216 valence electrons. The zero-order chi connectivity index (χ0) is 28.4. The molecule has 0 N–H and O–H groups in total. The minimum absolute atomic E-state index is 0.00541. The Morgan fingerprint density at radius 2 is 1.93 bits per heavy atom. The fraction of sp³-hybridized carbons (Fsp3) is 0.615. The van der Waals surface area contributed by atoms with Crippen molar-refractivity contribution >= 4 is 33.4 Å². The average molecular weight is 581 g/mol. The number of ether oxygens (including phenoxy) is 2. The Bertz CT molecular complexity index is 1390. The Hall–Kier alpha value is -3.29. The lowest BCUT2D eigenvalue weighted by Crippen LogP contribution is -2.38. The summed E-state index contributed by atoms with van der Waals surface area (Å²) in [7, 11) is 0. The number of halogens is 3. The number of hydrogen-bond acceptors (Lipinski definition) is 9. The molecule has 1 fully saturated rings. The van der Waals surface area contributed by atoms with Crippen LogP contribution in [0.4, 0.5) is 13.2 Å². The summed E-state index contributed by atoms with van der Waals surface area (Å²) in [5.74, 6) is -1.25. The number of alkyl halides is 3. The number of amides is 1. The molecule has 2 aliphatic rings. The fourth-order valence-electron chi connectivity index (χ4n) is 4.96. The van der Waals surface area contributed by atoms with E-state index in [4.69, 9.17) is 14.5 Å². The van der Waals surface area contributed by atoms with Crippen molar-refractivity contribution in [2.45, 2.75) is 71.0 Å². The molecule has 4 heterocycles. The molecule has 3 aromatic rings. The number of carbonyl (C=O) groups is 2. The minimum atomic E-state index is -4.56. The van der Waals surface area contributed by atoms with E-state index in [0.717, 1.165) is 51.0 Å². The van der Waals surface area contributed by atoms with Crippen LogP contribution >= 0.6 is 11.3 Å². The van der Waals surface area contributed by atoms with Crippen molar-refractivity contribution in [3.63, 3.8) is 0 Å². The molecular formula is C26H31F3N6O4S. The standard InChI is InChI=1S/C26H31F3N6O4S/c1-3-4-18-14-19-21(17-7-8-35-20(13-17)32-33-24(35)26(27,28)29)30-25(31-22(19)40-18)39-12-10-34(9-11-38-15(2)36)23(37)16-5-6-16/h14,16-17H,3-13H2,1-2H3. The van der Waals surface area contributed by atoms with Gasteiger partial charge in [0.05, 0.1) is 18.8 Å². The van der Waals surface area contributed by atoms with Crippen LogP contribution in [0.5, 0.6) is 6.01 Å². The summed E-state index contributed by atoms with van der Waals surface area (Å²) >= 11 is 1.55. The third kappa shape index (κ3) is 6.37. The summed E-state index contributed by atoms with van der Waals surface area (Å²) < 4.78 is 52.1. The Kier molecular flexibility index (Phi) is 8.24. The summed E-state index contributed by atoms with van der Waals surface area (Å²) in [6, 6.07) is 2.22. The van der Waals surface area contributed by atoms with Gasteiger partial charge in [-0.25, -0.2) is 0 Å². The van der Waals surface area contributed by atoms with E-state index in [9.17, 15) is 22.8 Å². The molecule has 5 rings (SSSR count). The molecule has 0 radical (unpaired) electrons. The molecule has 0 bridgehead atoms. The van der Waals surface area contributed by atoms with Crippen LogP contribution in [0.1, 0.15) is 67.7 Å². The maximum Gasteiger partial charge on any atom is 0.451 e. The summed E-state index contributed by atoms with van der Waals surface area (Å²) in [5.41, 5.74) is 0.724. The highest BCUT2D eigenvalue weighted by Gasteiger charge is 2.40. The molecule has 0 saturated heterocycles. The lowest BCUT2D eigenvalue weighted by molar-refractivity contribution is -0.147. The van der Waals surface area contributed by atoms with Gasteiger partial charge < -0.3 is 18.9 Å². The van der Waals surface area contributed by atoms with E-state index >= 15 is 0 Å². The molecule has 40 heavy (non-hydrogen) atoms. The van der Waals surface area contributed by atoms with E-state index in [0.29, 0.717) is 6.42 Å². The highest BCUT2D eigenvalue weighted by molar-refractivity contribution is 7.18. The first-order valence-electron chi connectivity index (χ1n) is 13.5. The van der Waals surface area contributed by atoms with Crippen molar-refractivity contribution in [2.24, 2.45) is 5.92 Å². The van der Waals surface area contributed by atoms with Gasteiger partial charge in [0.2, 0.25) is 11.7 Å².